The smallest absolute Gasteiger partial charge is 0.311 e. The molecule has 700 valence electrons. The molecular formula is C97H168O24. The molecule has 10 rings (SSSR count). The van der Waals surface area contributed by atoms with Crippen molar-refractivity contribution >= 4 is 35.8 Å². The van der Waals surface area contributed by atoms with Crippen molar-refractivity contribution in [3.63, 3.8) is 0 Å². The molecule has 24 heteroatoms. The van der Waals surface area contributed by atoms with Crippen LogP contribution >= 0.6 is 0 Å². The van der Waals surface area contributed by atoms with Crippen LogP contribution in [0.1, 0.15) is 347 Å². The lowest BCUT2D eigenvalue weighted by atomic mass is 9.69. The standard InChI is InChI=1S/C19H32O4.C19H34O4.C17H24O4.C15H28O4.C14H26O4.C13H24O4/c1-4-18(2,3)17(20)21-12-16-13-22-19(23-16)10-9-14-7-5-6-8-15(14)11-19;1-7-18(5,6)16(20)21-12-15-13-22-19(23-15)10-8-14(9-11-19)17(2,3)4;1-5-16(2,3)15(18)19-11-14-12-20-17(4,21-14)13-9-7-6-8-10-13;1-6-14(4,5)13(16)17-11-12-9-10-18-15(7-2,8-3)19-12;1-6-13(3,4)12(15)16-10-11-8-9-17-14(5,7-2)18-11;1-6-12(2,3)11(14)15-9-10-7-8-16-13(4,5)17-10/h14-16H,4-13H2,1-3H3;14-15H,7-13H2,1-6H3;6-10,14H,5,11-12H2,1-4H3;12H,6-11H2,1-5H3;11H,6-10H2,1-5H3;10H,6-9H2,1-5H3. The summed E-state index contributed by atoms with van der Waals surface area (Å²) in [5.41, 5.74) is -1.24. The fourth-order valence-electron chi connectivity index (χ4n) is 15.0. The Hall–Kier alpha value is -4.44. The van der Waals surface area contributed by atoms with E-state index in [1.165, 1.54) is 32.1 Å². The Balaban J connectivity index is 0.000000259. The number of hydrogen-bond donors (Lipinski definition) is 0. The summed E-state index contributed by atoms with van der Waals surface area (Å²) in [6.07, 6.45) is 21.6. The summed E-state index contributed by atoms with van der Waals surface area (Å²) in [7, 11) is 0. The van der Waals surface area contributed by atoms with Gasteiger partial charge in [0.25, 0.3) is 0 Å². The van der Waals surface area contributed by atoms with Gasteiger partial charge in [0.2, 0.25) is 0 Å². The van der Waals surface area contributed by atoms with Crippen molar-refractivity contribution in [2.75, 3.05) is 79.3 Å². The Morgan fingerprint density at radius 3 is 1.09 bits per heavy atom. The fraction of sp³-hybridized carbons (Fsp3) is 0.876. The molecule has 24 nitrogen and oxygen atoms in total. The number of ether oxygens (including phenoxy) is 18. The second kappa shape index (κ2) is 47.0. The molecule has 6 saturated heterocycles. The molecule has 0 amide bonds. The maximum atomic E-state index is 12.1. The summed E-state index contributed by atoms with van der Waals surface area (Å²) in [4.78, 5) is 71.7. The lowest BCUT2D eigenvalue weighted by Crippen LogP contribution is -2.46. The average Bonchev–Trinajstić information content (AvgIpc) is 1.50. The van der Waals surface area contributed by atoms with Crippen molar-refractivity contribution in [1.82, 2.24) is 0 Å². The van der Waals surface area contributed by atoms with E-state index in [4.69, 9.17) is 85.3 Å². The third-order valence-corrected chi connectivity index (χ3v) is 27.1. The van der Waals surface area contributed by atoms with Crippen LogP contribution in [0.2, 0.25) is 0 Å². The van der Waals surface area contributed by atoms with E-state index in [-0.39, 0.29) is 79.0 Å². The second-order valence-corrected chi connectivity index (χ2v) is 40.6. The van der Waals surface area contributed by atoms with Crippen molar-refractivity contribution in [3.8, 4) is 0 Å². The molecule has 1 aromatic rings. The van der Waals surface area contributed by atoms with Gasteiger partial charge < -0.3 is 85.3 Å². The molecule has 1 aromatic carbocycles. The van der Waals surface area contributed by atoms with Crippen LogP contribution in [0.15, 0.2) is 30.3 Å². The number of carbonyl (C=O) groups is 6. The second-order valence-electron chi connectivity index (χ2n) is 40.6. The van der Waals surface area contributed by atoms with Crippen LogP contribution in [0.25, 0.3) is 0 Å². The molecule has 121 heavy (non-hydrogen) atoms. The molecule has 0 N–H and O–H groups in total. The van der Waals surface area contributed by atoms with Crippen LogP contribution in [0.4, 0.5) is 0 Å². The molecule has 6 heterocycles. The molecule has 0 aromatic heterocycles. The van der Waals surface area contributed by atoms with Gasteiger partial charge in [-0.05, 0) is 217 Å². The Bertz CT molecular complexity index is 3270. The molecule has 2 spiro atoms. The quantitative estimate of drug-likeness (QED) is 0.0557. The largest absolute Gasteiger partial charge is 0.463 e. The van der Waals surface area contributed by atoms with Gasteiger partial charge in [0, 0.05) is 50.5 Å². The summed E-state index contributed by atoms with van der Waals surface area (Å²) in [6, 6.07) is 9.78. The van der Waals surface area contributed by atoms with Gasteiger partial charge in [0.15, 0.2) is 34.7 Å². The summed E-state index contributed by atoms with van der Waals surface area (Å²) in [5, 5.41) is 0. The van der Waals surface area contributed by atoms with E-state index in [1.54, 1.807) is 0 Å². The van der Waals surface area contributed by atoms with E-state index < -0.39 is 67.2 Å². The Morgan fingerprint density at radius 2 is 0.694 bits per heavy atom. The zero-order valence-corrected chi connectivity index (χ0v) is 80.6. The van der Waals surface area contributed by atoms with Gasteiger partial charge in [-0.2, -0.15) is 0 Å². The Morgan fingerprint density at radius 1 is 0.347 bits per heavy atom. The average molecular weight is 1720 g/mol. The van der Waals surface area contributed by atoms with Crippen molar-refractivity contribution in [3.05, 3.63) is 35.9 Å². The summed E-state index contributed by atoms with van der Waals surface area (Å²) in [6.45, 7) is 60.7. The first-order chi connectivity index (χ1) is 56.4. The van der Waals surface area contributed by atoms with Gasteiger partial charge in [-0.25, -0.2) is 0 Å². The van der Waals surface area contributed by atoms with Gasteiger partial charge in [-0.15, -0.1) is 0 Å². The van der Waals surface area contributed by atoms with Crippen molar-refractivity contribution in [2.45, 2.75) is 413 Å². The van der Waals surface area contributed by atoms with Crippen molar-refractivity contribution < 1.29 is 114 Å². The lowest BCUT2D eigenvalue weighted by molar-refractivity contribution is -0.301. The highest BCUT2D eigenvalue weighted by Crippen LogP contribution is 2.50. The van der Waals surface area contributed by atoms with Crippen LogP contribution in [0.3, 0.4) is 0 Å². The first kappa shape index (κ1) is 107. The predicted molar refractivity (Wildman–Crippen MR) is 465 cm³/mol. The predicted octanol–water partition coefficient (Wildman–Crippen LogP) is 20.3. The summed E-state index contributed by atoms with van der Waals surface area (Å²) >= 11 is 0. The van der Waals surface area contributed by atoms with E-state index in [0.29, 0.717) is 78.1 Å². The van der Waals surface area contributed by atoms with Crippen LogP contribution in [0, 0.1) is 55.7 Å². The van der Waals surface area contributed by atoms with Crippen LogP contribution < -0.4 is 0 Å². The van der Waals surface area contributed by atoms with E-state index >= 15 is 0 Å². The summed E-state index contributed by atoms with van der Waals surface area (Å²) in [5.74, 6) is -1.77. The monoisotopic (exact) mass is 1720 g/mol. The molecule has 6 aliphatic heterocycles. The zero-order valence-electron chi connectivity index (χ0n) is 80.6. The van der Waals surface area contributed by atoms with Gasteiger partial charge in [0.1, 0.15) is 58.0 Å². The van der Waals surface area contributed by atoms with Gasteiger partial charge >= 0.3 is 35.8 Å². The molecule has 0 bridgehead atoms. The molecule has 0 radical (unpaired) electrons. The molecule has 11 atom stereocenters. The van der Waals surface area contributed by atoms with Crippen molar-refractivity contribution in [2.24, 2.45) is 55.7 Å². The minimum atomic E-state index is -0.765. The van der Waals surface area contributed by atoms with E-state index in [1.807, 2.05) is 190 Å². The highest BCUT2D eigenvalue weighted by Gasteiger charge is 2.51. The first-order valence-electron chi connectivity index (χ1n) is 46.4. The Labute approximate surface area is 730 Å². The Kier molecular flexibility index (Phi) is 41.6. The number of benzene rings is 1. The third-order valence-electron chi connectivity index (χ3n) is 27.1. The van der Waals surface area contributed by atoms with Gasteiger partial charge in [-0.3, -0.25) is 28.8 Å². The van der Waals surface area contributed by atoms with Crippen LogP contribution in [0.5, 0.6) is 0 Å². The minimum Gasteiger partial charge on any atom is -0.463 e. The maximum Gasteiger partial charge on any atom is 0.311 e. The lowest BCUT2D eigenvalue weighted by Gasteiger charge is -2.43. The molecule has 3 saturated carbocycles. The highest BCUT2D eigenvalue weighted by molar-refractivity contribution is 5.78. The molecule has 3 aliphatic carbocycles. The van der Waals surface area contributed by atoms with Crippen LogP contribution in [-0.2, 0) is 120 Å². The number of rotatable bonds is 28. The first-order valence-corrected chi connectivity index (χ1v) is 46.4. The number of esters is 6. The topological polar surface area (TPSA) is 269 Å². The third kappa shape index (κ3) is 33.3. The zero-order chi connectivity index (χ0) is 90.7. The highest BCUT2D eigenvalue weighted by atomic mass is 16.8. The van der Waals surface area contributed by atoms with E-state index in [0.717, 1.165) is 139 Å². The number of hydrogen-bond acceptors (Lipinski definition) is 24. The van der Waals surface area contributed by atoms with Crippen LogP contribution in [-0.4, -0.2) is 181 Å². The molecular weight excluding hydrogens is 1550 g/mol. The number of fused-ring (bicyclic) bond motifs is 1. The molecule has 9 fully saturated rings. The van der Waals surface area contributed by atoms with Gasteiger partial charge in [0.05, 0.1) is 90.4 Å². The summed E-state index contributed by atoms with van der Waals surface area (Å²) < 4.78 is 103. The SMILES string of the molecule is CCC(C)(C)C(=O)OCC1CCOC(C)(C)O1.CCC(C)(C)C(=O)OCC1COC(C)(c2ccccc2)O1.CCC(C)(C)C(=O)OCC1COC2(CCC(C(C)(C)C)CC2)O1.CCC(C)(C)C(=O)OCC1COC2(CCC3CCCCC3C2)O1.CCC1(C)OCCC(COC(=O)C(C)(C)CC)O1.CCC1(CC)OCCC(COC(=O)C(C)(C)CC)O1. The molecule has 9 aliphatic rings. The molecule has 11 unspecified atom stereocenters. The maximum absolute atomic E-state index is 12.1. The normalized spacial score (nSPS) is 29.1. The van der Waals surface area contributed by atoms with E-state index in [2.05, 4.69) is 34.6 Å². The van der Waals surface area contributed by atoms with Gasteiger partial charge in [-0.1, -0.05) is 133 Å². The van der Waals surface area contributed by atoms with E-state index in [9.17, 15) is 28.8 Å². The minimum absolute atomic E-state index is 0.0507. The fourth-order valence-corrected chi connectivity index (χ4v) is 15.0. The van der Waals surface area contributed by atoms with Crippen molar-refractivity contribution in [1.29, 1.82) is 0 Å². The number of carbonyl (C=O) groups excluding carboxylic acids is 6.